The number of nitrogens with two attached hydrogens (primary N) is 1. The lowest BCUT2D eigenvalue weighted by atomic mass is 9.94. The Hall–Kier alpha value is -1.15. The Labute approximate surface area is 106 Å². The van der Waals surface area contributed by atoms with E-state index in [1.807, 2.05) is 0 Å². The summed E-state index contributed by atoms with van der Waals surface area (Å²) in [7, 11) is -3.80. The summed E-state index contributed by atoms with van der Waals surface area (Å²) < 4.78 is 25.0. The molecular formula is C10H18N2O5S. The Kier molecular flexibility index (Phi) is 4.69. The molecule has 0 saturated carbocycles. The highest BCUT2D eigenvalue weighted by Crippen LogP contribution is 2.23. The molecule has 8 heteroatoms. The van der Waals surface area contributed by atoms with E-state index in [1.165, 1.54) is 4.31 Å². The maximum absolute atomic E-state index is 11.9. The van der Waals surface area contributed by atoms with Gasteiger partial charge in [0.25, 0.3) is 0 Å². The lowest BCUT2D eigenvalue weighted by Gasteiger charge is -2.31. The van der Waals surface area contributed by atoms with Crippen LogP contribution in [0.4, 0.5) is 0 Å². The normalized spacial score (nSPS) is 20.5. The zero-order valence-electron chi connectivity index (χ0n) is 10.2. The molecule has 1 aliphatic heterocycles. The zero-order valence-corrected chi connectivity index (χ0v) is 11.0. The van der Waals surface area contributed by atoms with Crippen molar-refractivity contribution in [2.24, 2.45) is 11.7 Å². The number of hydrogen-bond donors (Lipinski definition) is 2. The number of piperidine rings is 1. The van der Waals surface area contributed by atoms with E-state index in [-0.39, 0.29) is 25.4 Å². The first kappa shape index (κ1) is 14.9. The second-order valence-corrected chi connectivity index (χ2v) is 6.79. The van der Waals surface area contributed by atoms with Crippen molar-refractivity contribution < 1.29 is 23.1 Å². The number of carboxylic acids is 1. The van der Waals surface area contributed by atoms with Crippen LogP contribution in [0.2, 0.25) is 0 Å². The van der Waals surface area contributed by atoms with Gasteiger partial charge in [-0.25, -0.2) is 12.7 Å². The maximum Gasteiger partial charge on any atom is 0.323 e. The van der Waals surface area contributed by atoms with E-state index in [2.05, 4.69) is 0 Å². The molecule has 0 aromatic rings. The number of hydrogen-bond acceptors (Lipinski definition) is 4. The first-order valence-electron chi connectivity index (χ1n) is 5.75. The fourth-order valence-electron chi connectivity index (χ4n) is 2.00. The van der Waals surface area contributed by atoms with E-state index >= 15 is 0 Å². The molecule has 104 valence electrons. The third-order valence-electron chi connectivity index (χ3n) is 3.22. The highest BCUT2D eigenvalue weighted by molar-refractivity contribution is 7.90. The largest absolute Gasteiger partial charge is 0.480 e. The van der Waals surface area contributed by atoms with Crippen molar-refractivity contribution in [3.8, 4) is 0 Å². The van der Waals surface area contributed by atoms with Gasteiger partial charge in [0.05, 0.1) is 0 Å². The average Bonchev–Trinajstić information content (AvgIpc) is 2.27. The molecule has 0 bridgehead atoms. The van der Waals surface area contributed by atoms with E-state index in [9.17, 15) is 18.0 Å². The molecule has 1 heterocycles. The van der Waals surface area contributed by atoms with Crippen molar-refractivity contribution in [3.63, 3.8) is 0 Å². The number of amides is 1. The van der Waals surface area contributed by atoms with Gasteiger partial charge in [-0.3, -0.25) is 9.59 Å². The minimum atomic E-state index is -3.80. The van der Waals surface area contributed by atoms with Gasteiger partial charge in [-0.15, -0.1) is 0 Å². The second-order valence-electron chi connectivity index (χ2n) is 4.54. The average molecular weight is 278 g/mol. The van der Waals surface area contributed by atoms with Gasteiger partial charge >= 0.3 is 5.97 Å². The quantitative estimate of drug-likeness (QED) is 0.694. The van der Waals surface area contributed by atoms with Gasteiger partial charge in [0, 0.05) is 19.5 Å². The monoisotopic (exact) mass is 278 g/mol. The molecule has 1 saturated heterocycles. The van der Waals surface area contributed by atoms with Crippen molar-refractivity contribution in [2.45, 2.75) is 31.4 Å². The number of carbonyl (C=O) groups excluding carboxylic acids is 1. The molecule has 0 aromatic heterocycles. The first-order chi connectivity index (χ1) is 8.25. The van der Waals surface area contributed by atoms with Gasteiger partial charge in [0.15, 0.2) is 5.25 Å². The van der Waals surface area contributed by atoms with Gasteiger partial charge in [-0.1, -0.05) is 0 Å². The summed E-state index contributed by atoms with van der Waals surface area (Å²) in [5.41, 5.74) is 5.08. The molecule has 3 N–H and O–H groups in total. The first-order valence-corrected chi connectivity index (χ1v) is 7.25. The van der Waals surface area contributed by atoms with E-state index < -0.39 is 27.1 Å². The molecule has 0 aliphatic carbocycles. The van der Waals surface area contributed by atoms with Crippen LogP contribution in [0, 0.1) is 5.92 Å². The number of carbonyl (C=O) groups is 2. The molecule has 1 atom stereocenters. The number of aliphatic carboxylic acids is 1. The zero-order chi connectivity index (χ0) is 13.9. The maximum atomic E-state index is 11.9. The van der Waals surface area contributed by atoms with Gasteiger partial charge < -0.3 is 10.8 Å². The van der Waals surface area contributed by atoms with E-state index in [0.717, 1.165) is 6.92 Å². The summed E-state index contributed by atoms with van der Waals surface area (Å²) in [4.78, 5) is 21.5. The lowest BCUT2D eigenvalue weighted by Crippen LogP contribution is -2.45. The van der Waals surface area contributed by atoms with Gasteiger partial charge in [-0.05, 0) is 25.7 Å². The number of primary amides is 1. The number of carboxylic acid groups (broad SMARTS) is 1. The van der Waals surface area contributed by atoms with Crippen molar-refractivity contribution >= 4 is 21.9 Å². The van der Waals surface area contributed by atoms with Crippen molar-refractivity contribution in [1.82, 2.24) is 4.31 Å². The van der Waals surface area contributed by atoms with Crippen LogP contribution < -0.4 is 5.73 Å². The minimum Gasteiger partial charge on any atom is -0.480 e. The van der Waals surface area contributed by atoms with Crippen molar-refractivity contribution in [3.05, 3.63) is 0 Å². The molecule has 1 aliphatic rings. The molecule has 1 amide bonds. The third-order valence-corrected chi connectivity index (χ3v) is 5.40. The molecule has 1 unspecified atom stereocenters. The Morgan fingerprint density at radius 2 is 1.89 bits per heavy atom. The predicted molar refractivity (Wildman–Crippen MR) is 64.1 cm³/mol. The van der Waals surface area contributed by atoms with Crippen LogP contribution in [-0.2, 0) is 19.6 Å². The number of nitrogens with zero attached hydrogens (tertiary/aromatic N) is 1. The van der Waals surface area contributed by atoms with Gasteiger partial charge in [-0.2, -0.15) is 0 Å². The molecule has 7 nitrogen and oxygen atoms in total. The summed E-state index contributed by atoms with van der Waals surface area (Å²) in [5, 5.41) is 7.31. The Morgan fingerprint density at radius 3 is 2.28 bits per heavy atom. The highest BCUT2D eigenvalue weighted by atomic mass is 32.2. The Morgan fingerprint density at radius 1 is 1.39 bits per heavy atom. The lowest BCUT2D eigenvalue weighted by molar-refractivity contribution is -0.136. The topological polar surface area (TPSA) is 118 Å². The summed E-state index contributed by atoms with van der Waals surface area (Å²) in [5.74, 6) is -1.65. The predicted octanol–water partition coefficient (Wildman–Crippen LogP) is -0.623. The van der Waals surface area contributed by atoms with Crippen LogP contribution in [0.1, 0.15) is 26.2 Å². The van der Waals surface area contributed by atoms with Crippen LogP contribution in [0.3, 0.4) is 0 Å². The Balaban J connectivity index is 2.62. The van der Waals surface area contributed by atoms with Crippen LogP contribution in [-0.4, -0.2) is 48.0 Å². The summed E-state index contributed by atoms with van der Waals surface area (Å²) in [6, 6.07) is 0. The number of sulfonamides is 1. The number of rotatable bonds is 5. The fourth-order valence-corrected chi connectivity index (χ4v) is 3.43. The highest BCUT2D eigenvalue weighted by Gasteiger charge is 2.36. The molecule has 18 heavy (non-hydrogen) atoms. The molecule has 1 rings (SSSR count). The SMILES string of the molecule is CC(C(=O)O)S(=O)(=O)N1CCC(CC(N)=O)CC1. The van der Waals surface area contributed by atoms with Crippen molar-refractivity contribution in [1.29, 1.82) is 0 Å². The van der Waals surface area contributed by atoms with E-state index in [1.54, 1.807) is 0 Å². The molecular weight excluding hydrogens is 260 g/mol. The van der Waals surface area contributed by atoms with Crippen LogP contribution >= 0.6 is 0 Å². The van der Waals surface area contributed by atoms with Crippen molar-refractivity contribution in [2.75, 3.05) is 13.1 Å². The van der Waals surface area contributed by atoms with Crippen LogP contribution in [0.15, 0.2) is 0 Å². The summed E-state index contributed by atoms with van der Waals surface area (Å²) in [6.45, 7) is 1.66. The van der Waals surface area contributed by atoms with Crippen LogP contribution in [0.5, 0.6) is 0 Å². The summed E-state index contributed by atoms with van der Waals surface area (Å²) >= 11 is 0. The summed E-state index contributed by atoms with van der Waals surface area (Å²) in [6.07, 6.45) is 1.32. The molecule has 1 fully saturated rings. The Bertz CT molecular complexity index is 426. The van der Waals surface area contributed by atoms with Gasteiger partial charge in [0.2, 0.25) is 15.9 Å². The van der Waals surface area contributed by atoms with E-state index in [0.29, 0.717) is 12.8 Å². The molecule has 0 spiro atoms. The van der Waals surface area contributed by atoms with E-state index in [4.69, 9.17) is 10.8 Å². The van der Waals surface area contributed by atoms with Crippen LogP contribution in [0.25, 0.3) is 0 Å². The minimum absolute atomic E-state index is 0.0917. The van der Waals surface area contributed by atoms with Gasteiger partial charge in [0.1, 0.15) is 0 Å². The fraction of sp³-hybridized carbons (Fsp3) is 0.800. The third kappa shape index (κ3) is 3.42. The molecule has 0 aromatic carbocycles. The standard InChI is InChI=1S/C10H18N2O5S/c1-7(10(14)15)18(16,17)12-4-2-8(3-5-12)6-9(11)13/h7-8H,2-6H2,1H3,(H2,11,13)(H,14,15). The smallest absolute Gasteiger partial charge is 0.323 e. The molecule has 0 radical (unpaired) electrons. The second kappa shape index (κ2) is 5.66.